The molecule has 182 valence electrons. The summed E-state index contributed by atoms with van der Waals surface area (Å²) < 4.78 is 8.79. The minimum Gasteiger partial charge on any atom is -0.444 e. The first-order valence-electron chi connectivity index (χ1n) is 11.7. The highest BCUT2D eigenvalue weighted by Gasteiger charge is 2.28. The molecule has 0 N–H and O–H groups in total. The SMILES string of the molecule is Cc1cn2nc(-n3c(N4CCN(C(=O)OC(C)(C)C)CC4)nc4ccccc4c3=O)cc(C)c2n1. The molecule has 10 heteroatoms. The summed E-state index contributed by atoms with van der Waals surface area (Å²) in [6, 6.07) is 9.17. The normalized spacial score (nSPS) is 14.7. The molecule has 4 aromatic rings. The fourth-order valence-corrected chi connectivity index (χ4v) is 4.29. The Morgan fingerprint density at radius 3 is 2.46 bits per heavy atom. The number of ether oxygens (including phenoxy) is 1. The van der Waals surface area contributed by atoms with E-state index in [4.69, 9.17) is 14.8 Å². The largest absolute Gasteiger partial charge is 0.444 e. The number of rotatable bonds is 2. The first kappa shape index (κ1) is 22.8. The zero-order chi connectivity index (χ0) is 24.9. The summed E-state index contributed by atoms with van der Waals surface area (Å²) in [5.74, 6) is 0.973. The van der Waals surface area contributed by atoms with Crippen LogP contribution in [0.15, 0.2) is 41.3 Å². The third-order valence-corrected chi connectivity index (χ3v) is 5.92. The van der Waals surface area contributed by atoms with Gasteiger partial charge in [-0.3, -0.25) is 4.79 Å². The molecule has 10 nitrogen and oxygen atoms in total. The summed E-state index contributed by atoms with van der Waals surface area (Å²) in [5.41, 5.74) is 2.38. The number of fused-ring (bicyclic) bond motifs is 2. The van der Waals surface area contributed by atoms with Crippen molar-refractivity contribution in [3.05, 3.63) is 58.1 Å². The van der Waals surface area contributed by atoms with Gasteiger partial charge in [-0.25, -0.2) is 23.8 Å². The van der Waals surface area contributed by atoms with Crippen LogP contribution in [0.1, 0.15) is 32.0 Å². The molecule has 4 heterocycles. The van der Waals surface area contributed by atoms with Gasteiger partial charge in [0.05, 0.1) is 22.8 Å². The number of para-hydroxylation sites is 1. The van der Waals surface area contributed by atoms with Crippen molar-refractivity contribution in [3.8, 4) is 5.82 Å². The average Bonchev–Trinajstić information content (AvgIpc) is 3.19. The second kappa shape index (κ2) is 8.37. The van der Waals surface area contributed by atoms with E-state index in [0.29, 0.717) is 48.8 Å². The van der Waals surface area contributed by atoms with E-state index < -0.39 is 5.60 Å². The number of piperazine rings is 1. The van der Waals surface area contributed by atoms with Crippen molar-refractivity contribution >= 4 is 28.6 Å². The van der Waals surface area contributed by atoms with E-state index >= 15 is 0 Å². The van der Waals surface area contributed by atoms with Gasteiger partial charge in [0.15, 0.2) is 11.5 Å². The number of imidazole rings is 1. The second-order valence-corrected chi connectivity index (χ2v) is 9.86. The van der Waals surface area contributed by atoms with E-state index in [1.807, 2.05) is 70.0 Å². The molecule has 1 saturated heterocycles. The number of aromatic nitrogens is 5. The Hall–Kier alpha value is -3.95. The van der Waals surface area contributed by atoms with Gasteiger partial charge in [0.25, 0.3) is 5.56 Å². The monoisotopic (exact) mass is 475 g/mol. The van der Waals surface area contributed by atoms with Crippen LogP contribution in [-0.4, -0.2) is 66.9 Å². The van der Waals surface area contributed by atoms with Gasteiger partial charge in [-0.15, -0.1) is 5.10 Å². The summed E-state index contributed by atoms with van der Waals surface area (Å²) >= 11 is 0. The Morgan fingerprint density at radius 1 is 1.03 bits per heavy atom. The molecule has 1 aliphatic rings. The predicted molar refractivity (Wildman–Crippen MR) is 133 cm³/mol. The Bertz CT molecular complexity index is 1490. The topological polar surface area (TPSA) is 97.9 Å². The van der Waals surface area contributed by atoms with Gasteiger partial charge in [-0.2, -0.15) is 0 Å². The third-order valence-electron chi connectivity index (χ3n) is 5.92. The maximum Gasteiger partial charge on any atom is 0.410 e. The van der Waals surface area contributed by atoms with Crippen molar-refractivity contribution in [1.82, 2.24) is 29.0 Å². The van der Waals surface area contributed by atoms with Crippen LogP contribution in [0.25, 0.3) is 22.4 Å². The molecule has 0 saturated carbocycles. The number of nitrogens with zero attached hydrogens (tertiary/aromatic N) is 7. The molecule has 5 rings (SSSR count). The highest BCUT2D eigenvalue weighted by atomic mass is 16.6. The van der Waals surface area contributed by atoms with Crippen LogP contribution in [0.2, 0.25) is 0 Å². The zero-order valence-electron chi connectivity index (χ0n) is 20.6. The molecular formula is C25H29N7O3. The van der Waals surface area contributed by atoms with Crippen LogP contribution in [0.5, 0.6) is 0 Å². The smallest absolute Gasteiger partial charge is 0.410 e. The first-order valence-corrected chi connectivity index (χ1v) is 11.7. The number of aryl methyl sites for hydroxylation is 2. The van der Waals surface area contributed by atoms with Crippen molar-refractivity contribution < 1.29 is 9.53 Å². The minimum atomic E-state index is -0.553. The number of hydrogen-bond acceptors (Lipinski definition) is 7. The van der Waals surface area contributed by atoms with E-state index in [1.165, 1.54) is 0 Å². The van der Waals surface area contributed by atoms with Crippen molar-refractivity contribution in [2.24, 2.45) is 0 Å². The minimum absolute atomic E-state index is 0.191. The highest BCUT2D eigenvalue weighted by molar-refractivity contribution is 5.79. The third kappa shape index (κ3) is 4.31. The summed E-state index contributed by atoms with van der Waals surface area (Å²) in [5, 5.41) is 5.22. The van der Waals surface area contributed by atoms with Crippen LogP contribution < -0.4 is 10.5 Å². The molecule has 1 amide bonds. The van der Waals surface area contributed by atoms with E-state index in [-0.39, 0.29) is 11.7 Å². The van der Waals surface area contributed by atoms with Crippen LogP contribution in [0, 0.1) is 13.8 Å². The van der Waals surface area contributed by atoms with Crippen LogP contribution in [0.4, 0.5) is 10.7 Å². The number of amides is 1. The maximum atomic E-state index is 13.7. The van der Waals surface area contributed by atoms with E-state index in [1.54, 1.807) is 20.0 Å². The Balaban J connectivity index is 1.57. The Kier molecular flexibility index (Phi) is 5.46. The lowest BCUT2D eigenvalue weighted by atomic mass is 10.2. The van der Waals surface area contributed by atoms with Crippen molar-refractivity contribution in [3.63, 3.8) is 0 Å². The summed E-state index contributed by atoms with van der Waals surface area (Å²) in [6.45, 7) is 11.4. The van der Waals surface area contributed by atoms with Crippen molar-refractivity contribution in [2.75, 3.05) is 31.1 Å². The molecule has 0 atom stereocenters. The van der Waals surface area contributed by atoms with Gasteiger partial charge >= 0.3 is 6.09 Å². The lowest BCUT2D eigenvalue weighted by Crippen LogP contribution is -2.51. The summed E-state index contributed by atoms with van der Waals surface area (Å²) in [4.78, 5) is 39.4. The summed E-state index contributed by atoms with van der Waals surface area (Å²) in [6.07, 6.45) is 1.50. The predicted octanol–water partition coefficient (Wildman–Crippen LogP) is 3.10. The molecule has 3 aromatic heterocycles. The van der Waals surface area contributed by atoms with Gasteiger partial charge in [0.2, 0.25) is 5.95 Å². The quantitative estimate of drug-likeness (QED) is 0.439. The molecular weight excluding hydrogens is 446 g/mol. The number of carbonyl (C=O) groups excluding carboxylic acids is 1. The van der Waals surface area contributed by atoms with Gasteiger partial charge in [-0.05, 0) is 58.4 Å². The fourth-order valence-electron chi connectivity index (χ4n) is 4.29. The summed E-state index contributed by atoms with van der Waals surface area (Å²) in [7, 11) is 0. The number of anilines is 1. The second-order valence-electron chi connectivity index (χ2n) is 9.86. The molecule has 1 aliphatic heterocycles. The molecule has 1 fully saturated rings. The van der Waals surface area contributed by atoms with E-state index in [9.17, 15) is 9.59 Å². The maximum absolute atomic E-state index is 13.7. The molecule has 0 aliphatic carbocycles. The van der Waals surface area contributed by atoms with Crippen LogP contribution >= 0.6 is 0 Å². The molecule has 35 heavy (non-hydrogen) atoms. The van der Waals surface area contributed by atoms with E-state index in [0.717, 1.165) is 16.9 Å². The fraction of sp³-hybridized carbons (Fsp3) is 0.400. The van der Waals surface area contributed by atoms with Crippen molar-refractivity contribution in [1.29, 1.82) is 0 Å². The van der Waals surface area contributed by atoms with E-state index in [2.05, 4.69) is 4.98 Å². The number of benzene rings is 1. The number of carbonyl (C=O) groups is 1. The zero-order valence-corrected chi connectivity index (χ0v) is 20.6. The first-order chi connectivity index (χ1) is 16.6. The Labute approximate surface area is 202 Å². The average molecular weight is 476 g/mol. The van der Waals surface area contributed by atoms with Crippen LogP contribution in [0.3, 0.4) is 0 Å². The van der Waals surface area contributed by atoms with Crippen molar-refractivity contribution in [2.45, 2.75) is 40.2 Å². The van der Waals surface area contributed by atoms with Gasteiger partial charge in [0.1, 0.15) is 5.60 Å². The van der Waals surface area contributed by atoms with Gasteiger partial charge < -0.3 is 14.5 Å². The van der Waals surface area contributed by atoms with Gasteiger partial charge in [-0.1, -0.05) is 12.1 Å². The highest BCUT2D eigenvalue weighted by Crippen LogP contribution is 2.22. The van der Waals surface area contributed by atoms with Gasteiger partial charge in [0, 0.05) is 26.2 Å². The molecule has 1 aromatic carbocycles. The lowest BCUT2D eigenvalue weighted by molar-refractivity contribution is 0.0240. The molecule has 0 unspecified atom stereocenters. The molecule has 0 spiro atoms. The molecule has 0 bridgehead atoms. The number of hydrogen-bond donors (Lipinski definition) is 0. The standard InChI is InChI=1S/C25H29N7O3/c1-16-14-20(28-31-15-17(2)26-21(16)31)32-22(33)18-8-6-7-9-19(18)27-23(32)29-10-12-30(13-11-29)24(34)35-25(3,4)5/h6-9,14-15H,10-13H2,1-5H3. The lowest BCUT2D eigenvalue weighted by Gasteiger charge is -2.36. The Morgan fingerprint density at radius 2 is 1.74 bits per heavy atom. The van der Waals surface area contributed by atoms with Crippen LogP contribution in [-0.2, 0) is 4.74 Å². The molecule has 0 radical (unpaired) electrons.